The molecule has 0 heterocycles. The molecule has 0 radical (unpaired) electrons. The summed E-state index contributed by atoms with van der Waals surface area (Å²) in [5.74, 6) is 0. The summed E-state index contributed by atoms with van der Waals surface area (Å²) in [4.78, 5) is 16.5. The molecule has 1 aromatic carbocycles. The van der Waals surface area contributed by atoms with Gasteiger partial charge in [0, 0.05) is 11.4 Å². The van der Waals surface area contributed by atoms with Gasteiger partial charge < -0.3 is 22.3 Å². The SMILES string of the molecule is Cc1c(N)cccc1N.[N-]=C=O.[N-]=C=O. The van der Waals surface area contributed by atoms with Crippen LogP contribution in [0.15, 0.2) is 18.2 Å². The number of nitrogens with zero attached hydrogens (tertiary/aromatic N) is 2. The highest BCUT2D eigenvalue weighted by molar-refractivity contribution is 5.59. The van der Waals surface area contributed by atoms with Crippen molar-refractivity contribution < 1.29 is 9.59 Å². The van der Waals surface area contributed by atoms with Crippen LogP contribution >= 0.6 is 0 Å². The van der Waals surface area contributed by atoms with Gasteiger partial charge in [-0.15, -0.1) is 0 Å². The van der Waals surface area contributed by atoms with Crippen LogP contribution in [0.2, 0.25) is 0 Å². The lowest BCUT2D eigenvalue weighted by atomic mass is 10.2. The molecule has 0 saturated heterocycles. The molecule has 6 nitrogen and oxygen atoms in total. The predicted molar refractivity (Wildman–Crippen MR) is 58.1 cm³/mol. The zero-order valence-corrected chi connectivity index (χ0v) is 8.10. The van der Waals surface area contributed by atoms with Gasteiger partial charge in [-0.3, -0.25) is 9.59 Å². The number of hydrogen-bond donors (Lipinski definition) is 2. The fraction of sp³-hybridized carbons (Fsp3) is 0.111. The van der Waals surface area contributed by atoms with Crippen LogP contribution < -0.4 is 11.5 Å². The van der Waals surface area contributed by atoms with E-state index in [1.165, 1.54) is 0 Å². The topological polar surface area (TPSA) is 131 Å². The fourth-order valence-electron chi connectivity index (χ4n) is 0.672. The third-order valence-electron chi connectivity index (χ3n) is 1.42. The molecule has 0 atom stereocenters. The van der Waals surface area contributed by atoms with Crippen LogP contribution in [0.4, 0.5) is 11.4 Å². The minimum absolute atomic E-state index is 0.500. The molecular weight excluding hydrogens is 196 g/mol. The summed E-state index contributed by atoms with van der Waals surface area (Å²) in [5.41, 5.74) is 13.6. The molecule has 0 aliphatic rings. The first-order valence-corrected chi connectivity index (χ1v) is 3.68. The Morgan fingerprint density at radius 3 is 1.53 bits per heavy atom. The van der Waals surface area contributed by atoms with Crippen molar-refractivity contribution in [1.29, 1.82) is 0 Å². The van der Waals surface area contributed by atoms with E-state index in [1.807, 2.05) is 25.1 Å². The van der Waals surface area contributed by atoms with Crippen molar-refractivity contribution in [3.63, 3.8) is 0 Å². The van der Waals surface area contributed by atoms with Gasteiger partial charge in [0.15, 0.2) is 0 Å². The largest absolute Gasteiger partial charge is 0.724 e. The highest BCUT2D eigenvalue weighted by Gasteiger charge is 1.93. The Labute approximate surface area is 86.9 Å². The zero-order valence-electron chi connectivity index (χ0n) is 8.10. The van der Waals surface area contributed by atoms with Crippen LogP contribution in [0.3, 0.4) is 0 Å². The molecule has 4 N–H and O–H groups in total. The van der Waals surface area contributed by atoms with Gasteiger partial charge in [0.05, 0.1) is 0 Å². The summed E-state index contributed by atoms with van der Waals surface area (Å²) in [6.45, 7) is 1.91. The van der Waals surface area contributed by atoms with Crippen LogP contribution in [0.5, 0.6) is 0 Å². The maximum atomic E-state index is 8.24. The van der Waals surface area contributed by atoms with Crippen molar-refractivity contribution in [3.8, 4) is 0 Å². The van der Waals surface area contributed by atoms with E-state index in [4.69, 9.17) is 31.9 Å². The van der Waals surface area contributed by atoms with Crippen LogP contribution in [-0.2, 0) is 9.59 Å². The lowest BCUT2D eigenvalue weighted by molar-refractivity contribution is 0.568. The molecule has 6 heteroatoms. The second-order valence-corrected chi connectivity index (χ2v) is 2.24. The molecule has 0 amide bonds. The van der Waals surface area contributed by atoms with Crippen molar-refractivity contribution in [2.45, 2.75) is 6.92 Å². The van der Waals surface area contributed by atoms with Crippen molar-refractivity contribution in [3.05, 3.63) is 34.6 Å². The first kappa shape index (κ1) is 15.1. The number of rotatable bonds is 0. The van der Waals surface area contributed by atoms with E-state index < -0.39 is 0 Å². The Morgan fingerprint density at radius 2 is 1.33 bits per heavy atom. The van der Waals surface area contributed by atoms with E-state index >= 15 is 0 Å². The zero-order chi connectivity index (χ0) is 12.3. The Morgan fingerprint density at radius 1 is 1.07 bits per heavy atom. The second-order valence-electron chi connectivity index (χ2n) is 2.24. The van der Waals surface area contributed by atoms with Crippen LogP contribution in [0.1, 0.15) is 5.56 Å². The van der Waals surface area contributed by atoms with E-state index in [1.54, 1.807) is 0 Å². The number of anilines is 2. The molecule has 0 fully saturated rings. The van der Waals surface area contributed by atoms with Gasteiger partial charge in [-0.2, -0.15) is 0 Å². The number of hydrogen-bond acceptors (Lipinski definition) is 4. The molecule has 0 aliphatic heterocycles. The van der Waals surface area contributed by atoms with Crippen LogP contribution in [0, 0.1) is 6.92 Å². The lowest BCUT2D eigenvalue weighted by Crippen LogP contribution is -1.94. The molecule has 1 rings (SSSR count). The summed E-state index contributed by atoms with van der Waals surface area (Å²) in [5, 5.41) is 13.5. The first-order chi connectivity index (χ1) is 7.04. The molecular formula is C9H10N4O2-2. The monoisotopic (exact) mass is 206 g/mol. The van der Waals surface area contributed by atoms with E-state index in [0.717, 1.165) is 16.9 Å². The highest BCUT2D eigenvalue weighted by atomic mass is 16.1. The number of benzene rings is 1. The summed E-state index contributed by atoms with van der Waals surface area (Å²) in [6, 6.07) is 5.52. The number of carbonyl (C=O) groups excluding carboxylic acids is 2. The van der Waals surface area contributed by atoms with Crippen LogP contribution in [0.25, 0.3) is 10.8 Å². The molecule has 0 bridgehead atoms. The molecule has 0 spiro atoms. The Hall–Kier alpha value is -2.42. The normalized spacial score (nSPS) is 6.73. The molecule has 0 unspecified atom stereocenters. The average Bonchev–Trinajstić information content (AvgIpc) is 2.17. The number of nitrogens with two attached hydrogens (primary N) is 2. The molecule has 0 aliphatic carbocycles. The molecule has 0 aromatic heterocycles. The third kappa shape index (κ3) is 7.93. The van der Waals surface area contributed by atoms with Gasteiger partial charge in [0.25, 0.3) is 0 Å². The van der Waals surface area contributed by atoms with Crippen molar-refractivity contribution in [2.24, 2.45) is 0 Å². The minimum Gasteiger partial charge on any atom is -0.724 e. The van der Waals surface area contributed by atoms with Crippen molar-refractivity contribution in [1.82, 2.24) is 0 Å². The Kier molecular flexibility index (Phi) is 9.71. The molecule has 1 aromatic rings. The van der Waals surface area contributed by atoms with E-state index in [-0.39, 0.29) is 0 Å². The third-order valence-corrected chi connectivity index (χ3v) is 1.42. The van der Waals surface area contributed by atoms with E-state index in [9.17, 15) is 0 Å². The minimum atomic E-state index is 0.500. The van der Waals surface area contributed by atoms with Crippen molar-refractivity contribution >= 4 is 23.5 Å². The molecule has 80 valence electrons. The van der Waals surface area contributed by atoms with E-state index in [2.05, 4.69) is 0 Å². The van der Waals surface area contributed by atoms with Gasteiger partial charge in [-0.05, 0) is 36.8 Å². The van der Waals surface area contributed by atoms with Gasteiger partial charge in [-0.25, -0.2) is 0 Å². The summed E-state index contributed by atoms with van der Waals surface area (Å²) < 4.78 is 0. The predicted octanol–water partition coefficient (Wildman–Crippen LogP) is 0.943. The maximum absolute atomic E-state index is 8.24. The highest BCUT2D eigenvalue weighted by Crippen LogP contribution is 2.16. The average molecular weight is 206 g/mol. The van der Waals surface area contributed by atoms with Gasteiger partial charge in [0.2, 0.25) is 0 Å². The fourth-order valence-corrected chi connectivity index (χ4v) is 0.672. The standard InChI is InChI=1S/C7H10N2.2CNO/c1-5-6(8)3-2-4-7(5)9;2*2-1-3/h2-4H,8-9H2,1H3;;/q;2*-1. The van der Waals surface area contributed by atoms with Crippen molar-refractivity contribution in [2.75, 3.05) is 11.5 Å². The van der Waals surface area contributed by atoms with E-state index in [0.29, 0.717) is 12.2 Å². The lowest BCUT2D eigenvalue weighted by Gasteiger charge is -2.00. The van der Waals surface area contributed by atoms with Gasteiger partial charge in [0.1, 0.15) is 0 Å². The van der Waals surface area contributed by atoms with Crippen LogP contribution in [-0.4, -0.2) is 12.2 Å². The first-order valence-electron chi connectivity index (χ1n) is 3.68. The second kappa shape index (κ2) is 9.67. The molecule has 15 heavy (non-hydrogen) atoms. The molecule has 0 saturated carbocycles. The quantitative estimate of drug-likeness (QED) is 0.371. The van der Waals surface area contributed by atoms with Gasteiger partial charge >= 0.3 is 0 Å². The smallest absolute Gasteiger partial charge is 0.0364 e. The summed E-state index contributed by atoms with van der Waals surface area (Å²) in [6.07, 6.45) is 1.00. The van der Waals surface area contributed by atoms with Gasteiger partial charge in [-0.1, -0.05) is 6.07 Å². The Balaban J connectivity index is 0. The summed E-state index contributed by atoms with van der Waals surface area (Å²) >= 11 is 0. The number of isocyanates is 2. The Bertz CT molecular complexity index is 332. The number of nitrogen functional groups attached to an aromatic ring is 2. The maximum Gasteiger partial charge on any atom is 0.0364 e. The summed E-state index contributed by atoms with van der Waals surface area (Å²) in [7, 11) is 0.